The number of rotatable bonds is 5. The summed E-state index contributed by atoms with van der Waals surface area (Å²) in [6.07, 6.45) is 5.02. The lowest BCUT2D eigenvalue weighted by Gasteiger charge is -2.09. The lowest BCUT2D eigenvalue weighted by molar-refractivity contribution is -0.114. The predicted octanol–water partition coefficient (Wildman–Crippen LogP) is 4.20. The molecule has 2 rings (SSSR count). The highest BCUT2D eigenvalue weighted by molar-refractivity contribution is 6.36. The van der Waals surface area contributed by atoms with Crippen LogP contribution in [0.4, 0.5) is 0 Å². The number of nitrogens with zero attached hydrogens (tertiary/aromatic N) is 3. The normalized spacial score (nSPS) is 12.0. The zero-order valence-corrected chi connectivity index (χ0v) is 13.3. The van der Waals surface area contributed by atoms with Gasteiger partial charge in [-0.15, -0.1) is 0 Å². The summed E-state index contributed by atoms with van der Waals surface area (Å²) in [6.45, 7) is 3.98. The Kier molecular flexibility index (Phi) is 5.15. The Balaban J connectivity index is 2.44. The van der Waals surface area contributed by atoms with Crippen molar-refractivity contribution in [2.45, 2.75) is 20.3 Å². The Morgan fingerprint density at radius 1 is 1.38 bits per heavy atom. The third kappa shape index (κ3) is 4.16. The topological polar surface area (TPSA) is 47.8 Å². The van der Waals surface area contributed by atoms with E-state index in [1.807, 2.05) is 13.8 Å². The summed E-state index contributed by atoms with van der Waals surface area (Å²) in [7, 11) is 0. The molecule has 0 saturated carbocycles. The van der Waals surface area contributed by atoms with Gasteiger partial charge in [0.25, 0.3) is 0 Å². The fourth-order valence-electron chi connectivity index (χ4n) is 1.85. The van der Waals surface area contributed by atoms with Gasteiger partial charge >= 0.3 is 0 Å². The Bertz CT molecular complexity index is 664. The van der Waals surface area contributed by atoms with Gasteiger partial charge in [-0.1, -0.05) is 43.1 Å². The number of ketones is 1. The Morgan fingerprint density at radius 2 is 2.14 bits per heavy atom. The Morgan fingerprint density at radius 3 is 2.71 bits per heavy atom. The summed E-state index contributed by atoms with van der Waals surface area (Å²) in [5, 5.41) is 5.07. The SMILES string of the molecule is CC(C)CC(=O)C(=Cc1ccc(Cl)cc1Cl)n1cncn1. The first-order valence-electron chi connectivity index (χ1n) is 6.52. The molecule has 0 saturated heterocycles. The van der Waals surface area contributed by atoms with Crippen molar-refractivity contribution in [3.63, 3.8) is 0 Å². The second kappa shape index (κ2) is 6.87. The molecule has 2 aromatic rings. The van der Waals surface area contributed by atoms with Crippen LogP contribution in [-0.2, 0) is 4.79 Å². The van der Waals surface area contributed by atoms with E-state index in [1.54, 1.807) is 24.3 Å². The molecule has 1 aromatic carbocycles. The van der Waals surface area contributed by atoms with Gasteiger partial charge in [-0.25, -0.2) is 9.67 Å². The fraction of sp³-hybridized carbons (Fsp3) is 0.267. The minimum absolute atomic E-state index is 0.0125. The molecule has 0 atom stereocenters. The molecule has 0 N–H and O–H groups in total. The number of halogens is 2. The molecule has 6 heteroatoms. The third-order valence-corrected chi connectivity index (χ3v) is 3.36. The minimum Gasteiger partial charge on any atom is -0.292 e. The van der Waals surface area contributed by atoms with Crippen LogP contribution in [0.2, 0.25) is 10.0 Å². The van der Waals surface area contributed by atoms with Crippen LogP contribution in [0.1, 0.15) is 25.8 Å². The summed E-state index contributed by atoms with van der Waals surface area (Å²) in [6, 6.07) is 5.14. The Labute approximate surface area is 133 Å². The molecule has 0 bridgehead atoms. The van der Waals surface area contributed by atoms with Crippen molar-refractivity contribution in [2.24, 2.45) is 5.92 Å². The van der Waals surface area contributed by atoms with Gasteiger partial charge in [-0.05, 0) is 29.7 Å². The van der Waals surface area contributed by atoms with Crippen LogP contribution in [0.3, 0.4) is 0 Å². The average Bonchev–Trinajstić information content (AvgIpc) is 2.90. The molecular formula is C15H15Cl2N3O. The molecule has 4 nitrogen and oxygen atoms in total. The summed E-state index contributed by atoms with van der Waals surface area (Å²) in [5.41, 5.74) is 1.15. The van der Waals surface area contributed by atoms with Crippen LogP contribution in [0.5, 0.6) is 0 Å². The largest absolute Gasteiger partial charge is 0.292 e. The molecule has 0 spiro atoms. The van der Waals surface area contributed by atoms with Crippen molar-refractivity contribution >= 4 is 40.8 Å². The zero-order chi connectivity index (χ0) is 15.4. The number of aromatic nitrogens is 3. The molecule has 0 aliphatic heterocycles. The summed E-state index contributed by atoms with van der Waals surface area (Å²) in [4.78, 5) is 16.3. The molecule has 1 heterocycles. The minimum atomic E-state index is -0.0125. The van der Waals surface area contributed by atoms with Gasteiger partial charge < -0.3 is 0 Å². The first-order valence-corrected chi connectivity index (χ1v) is 7.28. The van der Waals surface area contributed by atoms with Crippen molar-refractivity contribution in [1.82, 2.24) is 14.8 Å². The van der Waals surface area contributed by atoms with Gasteiger partial charge in [-0.3, -0.25) is 4.79 Å². The molecular weight excluding hydrogens is 309 g/mol. The molecule has 0 unspecified atom stereocenters. The monoisotopic (exact) mass is 323 g/mol. The van der Waals surface area contributed by atoms with Crippen molar-refractivity contribution < 1.29 is 4.79 Å². The maximum Gasteiger partial charge on any atom is 0.181 e. The van der Waals surface area contributed by atoms with E-state index < -0.39 is 0 Å². The second-order valence-electron chi connectivity index (χ2n) is 5.06. The van der Waals surface area contributed by atoms with Crippen molar-refractivity contribution in [3.8, 4) is 0 Å². The van der Waals surface area contributed by atoms with Crippen molar-refractivity contribution in [3.05, 3.63) is 46.5 Å². The van der Waals surface area contributed by atoms with Crippen LogP contribution in [-0.4, -0.2) is 20.5 Å². The summed E-state index contributed by atoms with van der Waals surface area (Å²) >= 11 is 12.0. The van der Waals surface area contributed by atoms with E-state index >= 15 is 0 Å². The number of Topliss-reactive ketones (excluding diaryl/α,β-unsaturated/α-hetero) is 1. The number of benzene rings is 1. The number of carbonyl (C=O) groups excluding carboxylic acids is 1. The van der Waals surface area contributed by atoms with E-state index in [0.29, 0.717) is 27.7 Å². The third-order valence-electron chi connectivity index (χ3n) is 2.80. The van der Waals surface area contributed by atoms with Crippen molar-refractivity contribution in [1.29, 1.82) is 0 Å². The fourth-order valence-corrected chi connectivity index (χ4v) is 2.31. The smallest absolute Gasteiger partial charge is 0.181 e. The van der Waals surface area contributed by atoms with Crippen LogP contribution >= 0.6 is 23.2 Å². The number of allylic oxidation sites excluding steroid dienone is 1. The number of carbonyl (C=O) groups is 1. The average molecular weight is 324 g/mol. The van der Waals surface area contributed by atoms with Crippen LogP contribution < -0.4 is 0 Å². The quantitative estimate of drug-likeness (QED) is 0.775. The van der Waals surface area contributed by atoms with Crippen LogP contribution in [0, 0.1) is 5.92 Å². The lowest BCUT2D eigenvalue weighted by Crippen LogP contribution is -2.11. The molecule has 0 radical (unpaired) electrons. The van der Waals surface area contributed by atoms with E-state index in [1.165, 1.54) is 17.3 Å². The summed E-state index contributed by atoms with van der Waals surface area (Å²) in [5.74, 6) is 0.242. The standard InChI is InChI=1S/C15H15Cl2N3O/c1-10(2)5-15(21)14(20-9-18-8-19-20)6-11-3-4-12(16)7-13(11)17/h3-4,6-10H,5H2,1-2H3. The number of hydrogen-bond acceptors (Lipinski definition) is 3. The molecule has 0 amide bonds. The first-order chi connectivity index (χ1) is 9.97. The van der Waals surface area contributed by atoms with E-state index in [-0.39, 0.29) is 11.7 Å². The predicted molar refractivity (Wildman–Crippen MR) is 85.1 cm³/mol. The highest BCUT2D eigenvalue weighted by Gasteiger charge is 2.15. The molecule has 110 valence electrons. The maximum atomic E-state index is 12.4. The maximum absolute atomic E-state index is 12.4. The second-order valence-corrected chi connectivity index (χ2v) is 5.90. The molecule has 0 fully saturated rings. The molecule has 0 aliphatic carbocycles. The van der Waals surface area contributed by atoms with Gasteiger partial charge in [0.1, 0.15) is 18.4 Å². The van der Waals surface area contributed by atoms with Gasteiger partial charge in [0.15, 0.2) is 5.78 Å². The van der Waals surface area contributed by atoms with E-state index in [4.69, 9.17) is 23.2 Å². The van der Waals surface area contributed by atoms with Gasteiger partial charge in [-0.2, -0.15) is 5.10 Å². The zero-order valence-electron chi connectivity index (χ0n) is 11.8. The molecule has 0 aliphatic rings. The first kappa shape index (κ1) is 15.7. The Hall–Kier alpha value is -1.65. The van der Waals surface area contributed by atoms with Crippen molar-refractivity contribution in [2.75, 3.05) is 0 Å². The van der Waals surface area contributed by atoms with E-state index in [2.05, 4.69) is 10.1 Å². The van der Waals surface area contributed by atoms with Crippen LogP contribution in [0.25, 0.3) is 11.8 Å². The van der Waals surface area contributed by atoms with E-state index in [0.717, 1.165) is 0 Å². The van der Waals surface area contributed by atoms with Crippen LogP contribution in [0.15, 0.2) is 30.9 Å². The summed E-state index contributed by atoms with van der Waals surface area (Å²) < 4.78 is 1.45. The van der Waals surface area contributed by atoms with E-state index in [9.17, 15) is 4.79 Å². The van der Waals surface area contributed by atoms with Gasteiger partial charge in [0, 0.05) is 16.5 Å². The number of hydrogen-bond donors (Lipinski definition) is 0. The highest BCUT2D eigenvalue weighted by Crippen LogP contribution is 2.25. The highest BCUT2D eigenvalue weighted by atomic mass is 35.5. The molecule has 21 heavy (non-hydrogen) atoms. The lowest BCUT2D eigenvalue weighted by atomic mass is 10.0. The molecule has 1 aromatic heterocycles. The van der Waals surface area contributed by atoms with Gasteiger partial charge in [0.2, 0.25) is 0 Å². The van der Waals surface area contributed by atoms with Gasteiger partial charge in [0.05, 0.1) is 0 Å².